The number of rotatable bonds is 5. The molecule has 1 aliphatic heterocycles. The Hall–Kier alpha value is -1.84. The highest BCUT2D eigenvalue weighted by Gasteiger charge is 2.52. The summed E-state index contributed by atoms with van der Waals surface area (Å²) in [7, 11) is 0. The van der Waals surface area contributed by atoms with Crippen LogP contribution in [0.1, 0.15) is 38.8 Å². The summed E-state index contributed by atoms with van der Waals surface area (Å²) >= 11 is 0. The molecule has 0 bridgehead atoms. The van der Waals surface area contributed by atoms with Crippen molar-refractivity contribution in [2.75, 3.05) is 6.61 Å². The van der Waals surface area contributed by atoms with Gasteiger partial charge in [-0.25, -0.2) is 4.79 Å². The van der Waals surface area contributed by atoms with E-state index < -0.39 is 6.04 Å². The number of esters is 1. The topological polar surface area (TPSA) is 46.6 Å². The molecule has 1 unspecified atom stereocenters. The maximum atomic E-state index is 12.2. The highest BCUT2D eigenvalue weighted by Crippen LogP contribution is 2.37. The number of benzene rings is 1. The van der Waals surface area contributed by atoms with Gasteiger partial charge in [0.2, 0.25) is 5.91 Å². The van der Waals surface area contributed by atoms with E-state index >= 15 is 0 Å². The van der Waals surface area contributed by atoms with E-state index in [0.29, 0.717) is 6.61 Å². The lowest BCUT2D eigenvalue weighted by atomic mass is 9.85. The van der Waals surface area contributed by atoms with E-state index in [1.54, 1.807) is 18.7 Å². The van der Waals surface area contributed by atoms with Gasteiger partial charge in [-0.2, -0.15) is 0 Å². The maximum Gasteiger partial charge on any atom is 0.329 e. The van der Waals surface area contributed by atoms with E-state index in [1.807, 2.05) is 37.3 Å². The second kappa shape index (κ2) is 6.07. The summed E-state index contributed by atoms with van der Waals surface area (Å²) in [6.07, 6.45) is 0.776. The second-order valence-corrected chi connectivity index (χ2v) is 5.07. The monoisotopic (exact) mass is 275 g/mol. The molecule has 1 aromatic carbocycles. The number of carbonyl (C=O) groups excluding carboxylic acids is 2. The van der Waals surface area contributed by atoms with Crippen LogP contribution in [0.4, 0.5) is 0 Å². The molecule has 0 spiro atoms. The van der Waals surface area contributed by atoms with E-state index in [9.17, 15) is 9.59 Å². The fourth-order valence-electron chi connectivity index (χ4n) is 2.83. The molecule has 108 valence electrons. The van der Waals surface area contributed by atoms with Gasteiger partial charge in [-0.3, -0.25) is 4.79 Å². The van der Waals surface area contributed by atoms with Gasteiger partial charge in [0.25, 0.3) is 0 Å². The van der Waals surface area contributed by atoms with Gasteiger partial charge in [0, 0.05) is 0 Å². The molecule has 1 amide bonds. The van der Waals surface area contributed by atoms with E-state index in [-0.39, 0.29) is 23.8 Å². The number of hydrogen-bond donors (Lipinski definition) is 0. The zero-order valence-electron chi connectivity index (χ0n) is 12.2. The molecular weight excluding hydrogens is 254 g/mol. The second-order valence-electron chi connectivity index (χ2n) is 5.07. The SMILES string of the molecule is CCOC(=O)[C@H]1C(C)C(=O)N1[C@@H](CC)c1ccccc1. The van der Waals surface area contributed by atoms with Crippen molar-refractivity contribution in [2.24, 2.45) is 5.92 Å². The minimum atomic E-state index is -0.451. The molecule has 1 aliphatic rings. The van der Waals surface area contributed by atoms with E-state index in [1.165, 1.54) is 0 Å². The molecule has 3 atom stereocenters. The van der Waals surface area contributed by atoms with Crippen molar-refractivity contribution >= 4 is 11.9 Å². The first-order valence-electron chi connectivity index (χ1n) is 7.15. The summed E-state index contributed by atoms with van der Waals surface area (Å²) < 4.78 is 5.09. The highest BCUT2D eigenvalue weighted by molar-refractivity contribution is 5.97. The van der Waals surface area contributed by atoms with Gasteiger partial charge >= 0.3 is 5.97 Å². The van der Waals surface area contributed by atoms with Crippen LogP contribution in [0.15, 0.2) is 30.3 Å². The van der Waals surface area contributed by atoms with E-state index in [2.05, 4.69) is 0 Å². The smallest absolute Gasteiger partial charge is 0.329 e. The molecule has 4 heteroatoms. The molecule has 20 heavy (non-hydrogen) atoms. The summed E-state index contributed by atoms with van der Waals surface area (Å²) in [6, 6.07) is 9.32. The van der Waals surface area contributed by atoms with Gasteiger partial charge in [-0.1, -0.05) is 44.2 Å². The Morgan fingerprint density at radius 3 is 2.50 bits per heavy atom. The Labute approximate surface area is 119 Å². The molecule has 0 aromatic heterocycles. The van der Waals surface area contributed by atoms with Crippen molar-refractivity contribution in [3.05, 3.63) is 35.9 Å². The minimum Gasteiger partial charge on any atom is -0.464 e. The summed E-state index contributed by atoms with van der Waals surface area (Å²) in [4.78, 5) is 25.9. The van der Waals surface area contributed by atoms with Crippen molar-refractivity contribution in [1.29, 1.82) is 0 Å². The predicted molar refractivity (Wildman–Crippen MR) is 75.9 cm³/mol. The average Bonchev–Trinajstić information content (AvgIpc) is 2.48. The van der Waals surface area contributed by atoms with Gasteiger partial charge in [-0.15, -0.1) is 0 Å². The summed E-state index contributed by atoms with van der Waals surface area (Å²) in [5, 5.41) is 0. The summed E-state index contributed by atoms with van der Waals surface area (Å²) in [5.74, 6) is -0.556. The van der Waals surface area contributed by atoms with Crippen LogP contribution in [0.3, 0.4) is 0 Å². The number of carbonyl (C=O) groups is 2. The first-order chi connectivity index (χ1) is 9.61. The number of hydrogen-bond acceptors (Lipinski definition) is 3. The number of ether oxygens (including phenoxy) is 1. The Kier molecular flexibility index (Phi) is 4.42. The fraction of sp³-hybridized carbons (Fsp3) is 0.500. The van der Waals surface area contributed by atoms with E-state index in [4.69, 9.17) is 4.74 Å². The first-order valence-corrected chi connectivity index (χ1v) is 7.15. The lowest BCUT2D eigenvalue weighted by Crippen LogP contribution is -2.64. The standard InChI is InChI=1S/C16H21NO3/c1-4-13(12-9-7-6-8-10-12)17-14(11(3)15(17)18)16(19)20-5-2/h6-11,13-14H,4-5H2,1-3H3/t11?,13-,14+/m0/s1. The minimum absolute atomic E-state index is 0.0266. The van der Waals surface area contributed by atoms with Crippen molar-refractivity contribution in [1.82, 2.24) is 4.90 Å². The third-order valence-electron chi connectivity index (χ3n) is 3.85. The average molecular weight is 275 g/mol. The van der Waals surface area contributed by atoms with Crippen LogP contribution in [0.25, 0.3) is 0 Å². The van der Waals surface area contributed by atoms with Crippen molar-refractivity contribution in [3.63, 3.8) is 0 Å². The molecule has 0 radical (unpaired) electrons. The third kappa shape index (κ3) is 2.42. The first kappa shape index (κ1) is 14.6. The van der Waals surface area contributed by atoms with Crippen LogP contribution in [-0.2, 0) is 14.3 Å². The van der Waals surface area contributed by atoms with Crippen LogP contribution in [-0.4, -0.2) is 29.4 Å². The number of β-lactam (4-membered cyclic amide) rings is 1. The Morgan fingerprint density at radius 2 is 1.95 bits per heavy atom. The molecular formula is C16H21NO3. The van der Waals surface area contributed by atoms with E-state index in [0.717, 1.165) is 12.0 Å². The van der Waals surface area contributed by atoms with Crippen LogP contribution >= 0.6 is 0 Å². The molecule has 1 aromatic rings. The molecule has 2 rings (SSSR count). The van der Waals surface area contributed by atoms with Gasteiger partial charge in [0.15, 0.2) is 0 Å². The van der Waals surface area contributed by atoms with Crippen molar-refractivity contribution < 1.29 is 14.3 Å². The fourth-order valence-corrected chi connectivity index (χ4v) is 2.83. The normalized spacial score (nSPS) is 23.1. The largest absolute Gasteiger partial charge is 0.464 e. The zero-order valence-corrected chi connectivity index (χ0v) is 12.2. The number of likely N-dealkylation sites (tertiary alicyclic amines) is 1. The summed E-state index contributed by atoms with van der Waals surface area (Å²) in [6.45, 7) is 5.93. The quantitative estimate of drug-likeness (QED) is 0.613. The Balaban J connectivity index is 2.24. The molecule has 1 saturated heterocycles. The lowest BCUT2D eigenvalue weighted by molar-refractivity contribution is -0.177. The van der Waals surface area contributed by atoms with Gasteiger partial charge in [0.1, 0.15) is 6.04 Å². The van der Waals surface area contributed by atoms with Crippen molar-refractivity contribution in [3.8, 4) is 0 Å². The molecule has 4 nitrogen and oxygen atoms in total. The van der Waals surface area contributed by atoms with Crippen LogP contribution in [0.2, 0.25) is 0 Å². The predicted octanol–water partition coefficient (Wildman–Crippen LogP) is 2.55. The summed E-state index contributed by atoms with van der Waals surface area (Å²) in [5.41, 5.74) is 1.06. The molecule has 1 fully saturated rings. The molecule has 0 saturated carbocycles. The van der Waals surface area contributed by atoms with Crippen molar-refractivity contribution in [2.45, 2.75) is 39.3 Å². The van der Waals surface area contributed by atoms with Crippen LogP contribution in [0, 0.1) is 5.92 Å². The Morgan fingerprint density at radius 1 is 1.30 bits per heavy atom. The number of nitrogens with zero attached hydrogens (tertiary/aromatic N) is 1. The van der Waals surface area contributed by atoms with Gasteiger partial charge in [-0.05, 0) is 18.9 Å². The number of amides is 1. The lowest BCUT2D eigenvalue weighted by Gasteiger charge is -2.48. The highest BCUT2D eigenvalue weighted by atomic mass is 16.5. The van der Waals surface area contributed by atoms with Gasteiger partial charge in [0.05, 0.1) is 18.6 Å². The van der Waals surface area contributed by atoms with Crippen LogP contribution in [0.5, 0.6) is 0 Å². The molecule has 1 heterocycles. The molecule has 0 N–H and O–H groups in total. The van der Waals surface area contributed by atoms with Crippen LogP contribution < -0.4 is 0 Å². The molecule has 0 aliphatic carbocycles. The van der Waals surface area contributed by atoms with Gasteiger partial charge < -0.3 is 9.64 Å². The Bertz CT molecular complexity index is 486. The zero-order chi connectivity index (χ0) is 14.7. The third-order valence-corrected chi connectivity index (χ3v) is 3.85. The maximum absolute atomic E-state index is 12.2.